The van der Waals surface area contributed by atoms with Crippen molar-refractivity contribution in [2.75, 3.05) is 20.8 Å². The summed E-state index contributed by atoms with van der Waals surface area (Å²) >= 11 is 0. The molecule has 1 N–H and O–H groups in total. The van der Waals surface area contributed by atoms with Gasteiger partial charge in [0, 0.05) is 20.1 Å². The molecule has 0 aromatic heterocycles. The van der Waals surface area contributed by atoms with Gasteiger partial charge >= 0.3 is 19.2 Å². The smallest absolute Gasteiger partial charge is 0.464 e. The fraction of sp³-hybridized carbons (Fsp3) is 0.579. The van der Waals surface area contributed by atoms with E-state index in [-0.39, 0.29) is 12.5 Å². The molecule has 1 saturated carbocycles. The van der Waals surface area contributed by atoms with E-state index >= 15 is 0 Å². The van der Waals surface area contributed by atoms with Crippen molar-refractivity contribution in [1.29, 1.82) is 0 Å². The summed E-state index contributed by atoms with van der Waals surface area (Å²) in [6.07, 6.45) is -0.170. The lowest BCUT2D eigenvalue weighted by Gasteiger charge is -2.23. The Morgan fingerprint density at radius 3 is 2.26 bits per heavy atom. The second kappa shape index (κ2) is 8.31. The van der Waals surface area contributed by atoms with Crippen molar-refractivity contribution in [3.05, 3.63) is 29.8 Å². The van der Waals surface area contributed by atoms with E-state index in [1.165, 1.54) is 0 Å². The molecule has 8 heteroatoms. The van der Waals surface area contributed by atoms with Crippen LogP contribution in [0.5, 0.6) is 0 Å². The number of hydrogen-bond donors (Lipinski definition) is 1. The number of carbonyl (C=O) groups excluding carboxylic acids is 2. The summed E-state index contributed by atoms with van der Waals surface area (Å²) < 4.78 is 21.0. The predicted molar refractivity (Wildman–Crippen MR) is 102 cm³/mol. The third-order valence-corrected chi connectivity index (χ3v) is 4.36. The number of rotatable bonds is 7. The quantitative estimate of drug-likeness (QED) is 0.578. The molecular formula is C19H28BNO6. The van der Waals surface area contributed by atoms with E-state index in [1.807, 2.05) is 24.3 Å². The van der Waals surface area contributed by atoms with Gasteiger partial charge in [0.05, 0.1) is 6.61 Å². The van der Waals surface area contributed by atoms with Crippen molar-refractivity contribution in [3.63, 3.8) is 0 Å². The van der Waals surface area contributed by atoms with Crippen molar-refractivity contribution >= 4 is 24.6 Å². The van der Waals surface area contributed by atoms with Crippen LogP contribution in [-0.2, 0) is 23.6 Å². The van der Waals surface area contributed by atoms with E-state index in [9.17, 15) is 9.59 Å². The van der Waals surface area contributed by atoms with Gasteiger partial charge in [-0.1, -0.05) is 24.3 Å². The van der Waals surface area contributed by atoms with Crippen molar-refractivity contribution < 1.29 is 28.4 Å². The predicted octanol–water partition coefficient (Wildman–Crippen LogP) is 1.99. The van der Waals surface area contributed by atoms with Gasteiger partial charge in [-0.25, -0.2) is 9.59 Å². The van der Waals surface area contributed by atoms with Crippen LogP contribution in [0.15, 0.2) is 24.3 Å². The van der Waals surface area contributed by atoms with Crippen LogP contribution in [0.2, 0.25) is 0 Å². The molecule has 1 aliphatic rings. The second-order valence-corrected chi connectivity index (χ2v) is 7.55. The first kappa shape index (κ1) is 21.2. The molecule has 0 aliphatic heterocycles. The topological polar surface area (TPSA) is 83.1 Å². The Morgan fingerprint density at radius 2 is 1.78 bits per heavy atom. The van der Waals surface area contributed by atoms with Gasteiger partial charge in [0.2, 0.25) is 0 Å². The molecule has 148 valence electrons. The molecule has 1 aliphatic carbocycles. The fourth-order valence-electron chi connectivity index (χ4n) is 3.08. The van der Waals surface area contributed by atoms with Gasteiger partial charge in [0.25, 0.3) is 0 Å². The molecule has 2 atom stereocenters. The number of alkyl carbamates (subject to hydrolysis) is 1. The van der Waals surface area contributed by atoms with Crippen molar-refractivity contribution in [2.24, 2.45) is 0 Å². The van der Waals surface area contributed by atoms with Crippen LogP contribution in [0.4, 0.5) is 4.79 Å². The molecule has 0 heterocycles. The Bertz CT molecular complexity index is 668. The van der Waals surface area contributed by atoms with E-state index in [0.29, 0.717) is 6.42 Å². The summed E-state index contributed by atoms with van der Waals surface area (Å²) in [5.74, 6) is -0.627. The molecule has 1 aromatic rings. The zero-order chi connectivity index (χ0) is 20.2. The van der Waals surface area contributed by atoms with Crippen LogP contribution in [-0.4, -0.2) is 51.1 Å². The number of hydrogen-bond acceptors (Lipinski definition) is 6. The number of ether oxygens (including phenoxy) is 2. The van der Waals surface area contributed by atoms with Crippen LogP contribution < -0.4 is 10.8 Å². The summed E-state index contributed by atoms with van der Waals surface area (Å²) in [6, 6.07) is 7.58. The maximum absolute atomic E-state index is 12.5. The molecule has 1 aromatic carbocycles. The standard InChI is InChI=1S/C19H28BNO6/c1-7-26-16(22)19(21-17(23)27-18(2,3)4)12-15(19)13-8-10-14(11-9-13)20(24-5)25-6/h8-11,15H,7,12H2,1-6H3,(H,21,23). The minimum absolute atomic E-state index is 0.179. The number of nitrogens with one attached hydrogen (secondary N) is 1. The van der Waals surface area contributed by atoms with Crippen LogP contribution in [0.3, 0.4) is 0 Å². The summed E-state index contributed by atoms with van der Waals surface area (Å²) in [4.78, 5) is 24.8. The average molecular weight is 377 g/mol. The highest BCUT2D eigenvalue weighted by molar-refractivity contribution is 6.61. The summed E-state index contributed by atoms with van der Waals surface area (Å²) in [6.45, 7) is 7.30. The van der Waals surface area contributed by atoms with Crippen molar-refractivity contribution in [1.82, 2.24) is 5.32 Å². The molecule has 2 rings (SSSR count). The van der Waals surface area contributed by atoms with Gasteiger partial charge in [0.1, 0.15) is 11.1 Å². The van der Waals surface area contributed by atoms with E-state index < -0.39 is 30.3 Å². The van der Waals surface area contributed by atoms with Crippen LogP contribution in [0.25, 0.3) is 0 Å². The molecule has 7 nitrogen and oxygen atoms in total. The van der Waals surface area contributed by atoms with Gasteiger partial charge in [-0.3, -0.25) is 0 Å². The third-order valence-electron chi connectivity index (χ3n) is 4.36. The highest BCUT2D eigenvalue weighted by Gasteiger charge is 2.63. The first-order valence-corrected chi connectivity index (χ1v) is 9.00. The van der Waals surface area contributed by atoms with Crippen LogP contribution in [0.1, 0.15) is 45.6 Å². The van der Waals surface area contributed by atoms with Gasteiger partial charge in [-0.15, -0.1) is 0 Å². The normalized spacial score (nSPS) is 21.3. The zero-order valence-electron chi connectivity index (χ0n) is 16.8. The minimum atomic E-state index is -1.10. The lowest BCUT2D eigenvalue weighted by molar-refractivity contribution is -0.147. The molecule has 0 saturated heterocycles. The average Bonchev–Trinajstić information content (AvgIpc) is 3.30. The fourth-order valence-corrected chi connectivity index (χ4v) is 3.08. The van der Waals surface area contributed by atoms with E-state index in [2.05, 4.69) is 5.32 Å². The molecule has 1 amide bonds. The summed E-state index contributed by atoms with van der Waals surface area (Å²) in [7, 11) is 2.69. The van der Waals surface area contributed by atoms with Gasteiger partial charge in [0.15, 0.2) is 0 Å². The van der Waals surface area contributed by atoms with Crippen LogP contribution >= 0.6 is 0 Å². The van der Waals surface area contributed by atoms with Gasteiger partial charge in [-0.2, -0.15) is 0 Å². The van der Waals surface area contributed by atoms with Gasteiger partial charge < -0.3 is 24.1 Å². The molecule has 0 bridgehead atoms. The number of amides is 1. The van der Waals surface area contributed by atoms with E-state index in [0.717, 1.165) is 11.0 Å². The second-order valence-electron chi connectivity index (χ2n) is 7.55. The lowest BCUT2D eigenvalue weighted by Crippen LogP contribution is -2.47. The highest BCUT2D eigenvalue weighted by atomic mass is 16.6. The SMILES string of the molecule is CCOC(=O)C1(NC(=O)OC(C)(C)C)CC1c1ccc(B(OC)OC)cc1. The van der Waals surface area contributed by atoms with Crippen molar-refractivity contribution in [3.8, 4) is 0 Å². The minimum Gasteiger partial charge on any atom is -0.464 e. The molecule has 27 heavy (non-hydrogen) atoms. The number of benzene rings is 1. The van der Waals surface area contributed by atoms with Crippen LogP contribution in [0, 0.1) is 0 Å². The number of esters is 1. The largest absolute Gasteiger partial charge is 0.493 e. The zero-order valence-corrected chi connectivity index (χ0v) is 16.8. The maximum atomic E-state index is 12.5. The Balaban J connectivity index is 2.18. The molecule has 1 fully saturated rings. The molecule has 2 unspecified atom stereocenters. The molecule has 0 spiro atoms. The van der Waals surface area contributed by atoms with Crippen molar-refractivity contribution in [2.45, 2.75) is 51.2 Å². The Labute approximate surface area is 160 Å². The Morgan fingerprint density at radius 1 is 1.19 bits per heavy atom. The first-order chi connectivity index (χ1) is 12.7. The Kier molecular flexibility index (Phi) is 6.54. The third kappa shape index (κ3) is 5.02. The molecular weight excluding hydrogens is 349 g/mol. The molecule has 0 radical (unpaired) electrons. The maximum Gasteiger partial charge on any atom is 0.493 e. The summed E-state index contributed by atoms with van der Waals surface area (Å²) in [5, 5.41) is 2.73. The lowest BCUT2D eigenvalue weighted by atomic mass is 9.78. The first-order valence-electron chi connectivity index (χ1n) is 9.00. The monoisotopic (exact) mass is 377 g/mol. The summed E-state index contributed by atoms with van der Waals surface area (Å²) in [5.41, 5.74) is 0.0448. The van der Waals surface area contributed by atoms with E-state index in [1.54, 1.807) is 41.9 Å². The number of carbonyl (C=O) groups is 2. The Hall–Kier alpha value is -2.06. The van der Waals surface area contributed by atoms with E-state index in [4.69, 9.17) is 18.8 Å². The van der Waals surface area contributed by atoms with Gasteiger partial charge in [-0.05, 0) is 45.1 Å². The highest BCUT2D eigenvalue weighted by Crippen LogP contribution is 2.52.